The van der Waals surface area contributed by atoms with E-state index in [2.05, 4.69) is 41.2 Å². The highest BCUT2D eigenvalue weighted by Crippen LogP contribution is 2.50. The molecule has 130 valence electrons. The van der Waals surface area contributed by atoms with E-state index in [0.717, 1.165) is 36.0 Å². The van der Waals surface area contributed by atoms with E-state index in [1.807, 2.05) is 24.7 Å². The molecule has 1 atom stereocenters. The van der Waals surface area contributed by atoms with E-state index < -0.39 is 0 Å². The van der Waals surface area contributed by atoms with Gasteiger partial charge in [0.05, 0.1) is 25.6 Å². The van der Waals surface area contributed by atoms with Crippen LogP contribution in [-0.4, -0.2) is 40.7 Å². The highest BCUT2D eigenvalue weighted by molar-refractivity contribution is 5.44. The molecule has 1 aliphatic heterocycles. The topological polar surface area (TPSA) is 52.4 Å². The van der Waals surface area contributed by atoms with Gasteiger partial charge in [-0.05, 0) is 30.0 Å². The first-order chi connectivity index (χ1) is 11.4. The minimum Gasteiger partial charge on any atom is -0.493 e. The van der Waals surface area contributed by atoms with Crippen LogP contribution in [-0.2, 0) is 13.6 Å². The van der Waals surface area contributed by atoms with Crippen molar-refractivity contribution in [2.45, 2.75) is 33.4 Å². The number of benzene rings is 1. The van der Waals surface area contributed by atoms with Crippen molar-refractivity contribution >= 4 is 0 Å². The molecule has 0 N–H and O–H groups in total. The number of likely N-dealkylation sites (tertiary alicyclic amines) is 1. The standard InChI is InChI=1S/C18H26N4O2/c1-12-14(21(4)20-19-12)10-22-11-18(2,3)17(22)13-7-8-15(23-5)16(9-13)24-6/h7-9,17H,10-11H2,1-6H3. The van der Waals surface area contributed by atoms with Gasteiger partial charge in [0.25, 0.3) is 0 Å². The highest BCUT2D eigenvalue weighted by atomic mass is 16.5. The monoisotopic (exact) mass is 330 g/mol. The Morgan fingerprint density at radius 3 is 2.46 bits per heavy atom. The van der Waals surface area contributed by atoms with Crippen molar-refractivity contribution < 1.29 is 9.47 Å². The van der Waals surface area contributed by atoms with Crippen LogP contribution in [0.1, 0.15) is 36.8 Å². The fourth-order valence-electron chi connectivity index (χ4n) is 3.80. The van der Waals surface area contributed by atoms with Gasteiger partial charge in [-0.15, -0.1) is 5.10 Å². The average molecular weight is 330 g/mol. The van der Waals surface area contributed by atoms with Gasteiger partial charge in [-0.25, -0.2) is 0 Å². The van der Waals surface area contributed by atoms with E-state index in [1.165, 1.54) is 5.56 Å². The number of hydrogen-bond donors (Lipinski definition) is 0. The van der Waals surface area contributed by atoms with Crippen LogP contribution in [0.3, 0.4) is 0 Å². The molecule has 3 rings (SSSR count). The maximum Gasteiger partial charge on any atom is 0.161 e. The van der Waals surface area contributed by atoms with Gasteiger partial charge >= 0.3 is 0 Å². The minimum atomic E-state index is 0.208. The molecule has 0 spiro atoms. The highest BCUT2D eigenvalue weighted by Gasteiger charge is 2.46. The molecule has 2 aromatic rings. The largest absolute Gasteiger partial charge is 0.493 e. The Morgan fingerprint density at radius 2 is 1.92 bits per heavy atom. The summed E-state index contributed by atoms with van der Waals surface area (Å²) < 4.78 is 12.7. The molecule has 1 saturated heterocycles. The Hall–Kier alpha value is -2.08. The van der Waals surface area contributed by atoms with Gasteiger partial charge in [0.2, 0.25) is 0 Å². The van der Waals surface area contributed by atoms with Crippen molar-refractivity contribution in [2.24, 2.45) is 12.5 Å². The second kappa shape index (κ2) is 6.09. The molecule has 0 bridgehead atoms. The summed E-state index contributed by atoms with van der Waals surface area (Å²) in [7, 11) is 5.29. The quantitative estimate of drug-likeness (QED) is 0.844. The van der Waals surface area contributed by atoms with Crippen LogP contribution in [0.25, 0.3) is 0 Å². The number of nitrogens with zero attached hydrogens (tertiary/aromatic N) is 4. The molecule has 6 heteroatoms. The molecule has 0 amide bonds. The molecule has 0 radical (unpaired) electrons. The van der Waals surface area contributed by atoms with Gasteiger partial charge in [0.15, 0.2) is 11.5 Å². The summed E-state index contributed by atoms with van der Waals surface area (Å²) in [5.41, 5.74) is 3.61. The van der Waals surface area contributed by atoms with Crippen molar-refractivity contribution in [3.8, 4) is 11.5 Å². The van der Waals surface area contributed by atoms with Crippen LogP contribution in [0.15, 0.2) is 18.2 Å². The maximum absolute atomic E-state index is 5.48. The Kier molecular flexibility index (Phi) is 4.25. The Morgan fingerprint density at radius 1 is 1.21 bits per heavy atom. The van der Waals surface area contributed by atoms with Crippen LogP contribution in [0.5, 0.6) is 11.5 Å². The first kappa shape index (κ1) is 16.8. The molecular formula is C18H26N4O2. The zero-order chi connectivity index (χ0) is 17.5. The predicted molar refractivity (Wildman–Crippen MR) is 92.2 cm³/mol. The zero-order valence-corrected chi connectivity index (χ0v) is 15.3. The van der Waals surface area contributed by atoms with Crippen molar-refractivity contribution in [1.82, 2.24) is 19.9 Å². The van der Waals surface area contributed by atoms with E-state index in [9.17, 15) is 0 Å². The molecule has 1 fully saturated rings. The Balaban J connectivity index is 1.89. The molecule has 0 saturated carbocycles. The lowest BCUT2D eigenvalue weighted by Crippen LogP contribution is -2.55. The summed E-state index contributed by atoms with van der Waals surface area (Å²) in [6, 6.07) is 6.53. The smallest absolute Gasteiger partial charge is 0.161 e. The molecule has 1 aromatic carbocycles. The third-order valence-electron chi connectivity index (χ3n) is 4.93. The summed E-state index contributed by atoms with van der Waals surface area (Å²) in [4.78, 5) is 2.47. The summed E-state index contributed by atoms with van der Waals surface area (Å²) in [5.74, 6) is 1.53. The van der Waals surface area contributed by atoms with Crippen LogP contribution in [0.4, 0.5) is 0 Å². The third kappa shape index (κ3) is 2.75. The van der Waals surface area contributed by atoms with Crippen LogP contribution < -0.4 is 9.47 Å². The summed E-state index contributed by atoms with van der Waals surface area (Å²) >= 11 is 0. The first-order valence-electron chi connectivity index (χ1n) is 8.18. The van der Waals surface area contributed by atoms with Crippen LogP contribution in [0.2, 0.25) is 0 Å². The third-order valence-corrected chi connectivity index (χ3v) is 4.93. The molecule has 1 unspecified atom stereocenters. The van der Waals surface area contributed by atoms with Gasteiger partial charge in [0.1, 0.15) is 0 Å². The van der Waals surface area contributed by atoms with Gasteiger partial charge in [0, 0.05) is 26.2 Å². The van der Waals surface area contributed by atoms with Gasteiger partial charge in [-0.1, -0.05) is 25.1 Å². The first-order valence-corrected chi connectivity index (χ1v) is 8.18. The van der Waals surface area contributed by atoms with Gasteiger partial charge in [-0.2, -0.15) is 0 Å². The van der Waals surface area contributed by atoms with Crippen molar-refractivity contribution in [3.05, 3.63) is 35.2 Å². The average Bonchev–Trinajstić information content (AvgIpc) is 2.85. The number of hydrogen-bond acceptors (Lipinski definition) is 5. The summed E-state index contributed by atoms with van der Waals surface area (Å²) in [5, 5.41) is 8.28. The van der Waals surface area contributed by atoms with E-state index >= 15 is 0 Å². The van der Waals surface area contributed by atoms with Gasteiger partial charge in [-0.3, -0.25) is 9.58 Å². The normalized spacial score (nSPS) is 19.8. The van der Waals surface area contributed by atoms with Crippen molar-refractivity contribution in [3.63, 3.8) is 0 Å². The van der Waals surface area contributed by atoms with Gasteiger partial charge < -0.3 is 9.47 Å². The fraction of sp³-hybridized carbons (Fsp3) is 0.556. The number of aromatic nitrogens is 3. The number of aryl methyl sites for hydroxylation is 2. The second-order valence-electron chi connectivity index (χ2n) is 7.16. The number of rotatable bonds is 5. The van der Waals surface area contributed by atoms with E-state index in [4.69, 9.17) is 9.47 Å². The van der Waals surface area contributed by atoms with Crippen LogP contribution in [0, 0.1) is 12.3 Å². The number of ether oxygens (including phenoxy) is 2. The SMILES string of the molecule is COc1ccc(C2N(Cc3c(C)nnn3C)CC2(C)C)cc1OC. The lowest BCUT2D eigenvalue weighted by atomic mass is 9.71. The molecule has 1 aromatic heterocycles. The van der Waals surface area contributed by atoms with E-state index in [-0.39, 0.29) is 5.41 Å². The fourth-order valence-corrected chi connectivity index (χ4v) is 3.80. The van der Waals surface area contributed by atoms with E-state index in [1.54, 1.807) is 14.2 Å². The Labute approximate surface area is 143 Å². The lowest BCUT2D eigenvalue weighted by Gasteiger charge is -2.54. The maximum atomic E-state index is 5.48. The molecular weight excluding hydrogens is 304 g/mol. The molecule has 1 aliphatic rings. The molecule has 6 nitrogen and oxygen atoms in total. The second-order valence-corrected chi connectivity index (χ2v) is 7.16. The van der Waals surface area contributed by atoms with Crippen LogP contribution >= 0.6 is 0 Å². The van der Waals surface area contributed by atoms with E-state index in [0.29, 0.717) is 6.04 Å². The van der Waals surface area contributed by atoms with Crippen molar-refractivity contribution in [2.75, 3.05) is 20.8 Å². The lowest BCUT2D eigenvalue weighted by molar-refractivity contribution is -0.0603. The summed E-state index contributed by atoms with van der Waals surface area (Å²) in [6.45, 7) is 8.51. The van der Waals surface area contributed by atoms with Crippen molar-refractivity contribution in [1.29, 1.82) is 0 Å². The molecule has 24 heavy (non-hydrogen) atoms. The summed E-state index contributed by atoms with van der Waals surface area (Å²) in [6.07, 6.45) is 0. The molecule has 0 aliphatic carbocycles. The minimum absolute atomic E-state index is 0.208. The predicted octanol–water partition coefficient (Wildman–Crippen LogP) is 2.72. The zero-order valence-electron chi connectivity index (χ0n) is 15.3. The Bertz CT molecular complexity index is 719. The number of methoxy groups -OCH3 is 2. The molecule has 2 heterocycles.